The van der Waals surface area contributed by atoms with Gasteiger partial charge in [-0.05, 0) is 6.92 Å². The lowest BCUT2D eigenvalue weighted by atomic mass is 9.94. The third-order valence-electron chi connectivity index (χ3n) is 15.2. The van der Waals surface area contributed by atoms with E-state index in [1.807, 2.05) is 0 Å². The van der Waals surface area contributed by atoms with Gasteiger partial charge in [-0.3, -0.25) is 9.59 Å². The number of nitrogens with one attached hydrogen (secondary N) is 2. The highest BCUT2D eigenvalue weighted by Gasteiger charge is 2.56. The molecule has 7 heterocycles. The van der Waals surface area contributed by atoms with Crippen LogP contribution in [0.5, 0.6) is 0 Å². The molecular formula is C46H78N2O35. The van der Waals surface area contributed by atoms with Crippen molar-refractivity contribution in [3.8, 4) is 0 Å². The molecule has 7 saturated heterocycles. The number of aliphatic hydroxyl groups is 20. The van der Waals surface area contributed by atoms with Gasteiger partial charge in [-0.15, -0.1) is 0 Å². The van der Waals surface area contributed by atoms with Crippen LogP contribution in [0.4, 0.5) is 0 Å². The zero-order valence-electron chi connectivity index (χ0n) is 44.5. The van der Waals surface area contributed by atoms with Crippen molar-refractivity contribution in [2.45, 2.75) is 236 Å². The normalized spacial score (nSPS) is 50.8. The SMILES string of the molecule is CC(=O)N[C@@H]1[C@@H](O)[C@H](O[C@@H]2O[C@H](CO)[C@@H](O[C@@H]3O[C@H](CO[C@H]4O[C@H](CO[C@H]5O[C@H](CO[C@H]6O[C@H](CO)[C@@H](O)[C@H](O)[C@@H]6O)[C@@H](O)[C@H](O)[C@@H]5O)[C@@H](O)[C@H](O)[C@@H]4O)[C@@H](O)[C@H](O)[C@@H]3O)[C@H](O)[C@H]2NC(C)=O)[C@@H](CO[C@H]2O[C@@H](C)[C@@H](O)[C@@H](O)[C@@H]2O)O[C@H]1O. The maximum Gasteiger partial charge on any atom is 0.217 e. The molecule has 2 amide bonds. The molecule has 0 bridgehead atoms. The molecule has 0 aromatic rings. The second-order valence-electron chi connectivity index (χ2n) is 21.2. The number of aliphatic hydroxyl groups excluding tert-OH is 20. The molecule has 0 aromatic heterocycles. The van der Waals surface area contributed by atoms with E-state index in [4.69, 9.17) is 61.6 Å². The van der Waals surface area contributed by atoms with E-state index < -0.39 is 266 Å². The van der Waals surface area contributed by atoms with Crippen molar-refractivity contribution in [3.05, 3.63) is 0 Å². The van der Waals surface area contributed by atoms with Crippen molar-refractivity contribution in [1.82, 2.24) is 10.6 Å². The summed E-state index contributed by atoms with van der Waals surface area (Å²) < 4.78 is 73.5. The second kappa shape index (κ2) is 29.3. The standard InChI is InChI=1S/C46H78N2O35/c1-10-21(53)28(60)33(65)42(75-10)74-9-18-39(26(58)19(40(70)76-18)47-11(2)51)82-41-20(48-12(3)52)27(59)38(14(5-50)78-41)83-46-37(69)32(64)25(57)17(81-46)8-73-45-36(68)31(63)24(56)16(80-45)7-72-44-35(67)30(62)23(55)15(79-44)6-71-43-34(66)29(61)22(54)13(4-49)77-43/h10,13-46,49-50,53-70H,4-9H2,1-3H3,(H,47,51)(H,48,52)/t10-,13+,14+,15+,16+,17+,18+,19+,20+,21+,22+,23+,24+,25+,26+,27+,28+,29-,30-,31-,32-,33-,34-,35-,36-,37-,38+,39+,40+,41-,42-,43-,44-,45-,46-/m0/s1. The van der Waals surface area contributed by atoms with Gasteiger partial charge in [0.05, 0.1) is 45.7 Å². The summed E-state index contributed by atoms with van der Waals surface area (Å²) in [5.41, 5.74) is 0. The van der Waals surface area contributed by atoms with Gasteiger partial charge in [0.15, 0.2) is 44.0 Å². The predicted octanol–water partition coefficient (Wildman–Crippen LogP) is -15.0. The van der Waals surface area contributed by atoms with Gasteiger partial charge in [0.1, 0.15) is 165 Å². The maximum absolute atomic E-state index is 12.7. The first kappa shape index (κ1) is 68.1. The summed E-state index contributed by atoms with van der Waals surface area (Å²) in [5, 5.41) is 218. The van der Waals surface area contributed by atoms with Gasteiger partial charge in [-0.1, -0.05) is 0 Å². The van der Waals surface area contributed by atoms with Crippen LogP contribution in [0, 0.1) is 0 Å². The van der Waals surface area contributed by atoms with Gasteiger partial charge in [0, 0.05) is 13.8 Å². The molecule has 22 N–H and O–H groups in total. The van der Waals surface area contributed by atoms with E-state index in [-0.39, 0.29) is 0 Å². The van der Waals surface area contributed by atoms with Crippen molar-refractivity contribution >= 4 is 11.8 Å². The average Bonchev–Trinajstić information content (AvgIpc) is 3.59. The highest BCUT2D eigenvalue weighted by atomic mass is 16.8. The first-order valence-electron chi connectivity index (χ1n) is 26.5. The van der Waals surface area contributed by atoms with E-state index in [1.165, 1.54) is 6.92 Å². The quantitative estimate of drug-likeness (QED) is 0.0538. The third-order valence-corrected chi connectivity index (χ3v) is 15.2. The van der Waals surface area contributed by atoms with Crippen molar-refractivity contribution in [2.75, 3.05) is 39.6 Å². The number of hydrogen-bond donors (Lipinski definition) is 22. The van der Waals surface area contributed by atoms with E-state index >= 15 is 0 Å². The Balaban J connectivity index is 0.992. The minimum atomic E-state index is -2.17. The smallest absolute Gasteiger partial charge is 0.217 e. The maximum atomic E-state index is 12.7. The summed E-state index contributed by atoms with van der Waals surface area (Å²) >= 11 is 0. The highest BCUT2D eigenvalue weighted by Crippen LogP contribution is 2.35. The number of rotatable bonds is 20. The summed E-state index contributed by atoms with van der Waals surface area (Å²) in [4.78, 5) is 24.8. The molecule has 7 fully saturated rings. The average molecular weight is 1220 g/mol. The minimum absolute atomic E-state index is 0.725. The zero-order chi connectivity index (χ0) is 61.2. The molecule has 482 valence electrons. The van der Waals surface area contributed by atoms with Crippen molar-refractivity contribution in [3.63, 3.8) is 0 Å². The molecule has 83 heavy (non-hydrogen) atoms. The largest absolute Gasteiger partial charge is 0.394 e. The number of carbonyl (C=O) groups excluding carboxylic acids is 2. The zero-order valence-corrected chi connectivity index (χ0v) is 44.5. The van der Waals surface area contributed by atoms with Gasteiger partial charge in [-0.2, -0.15) is 0 Å². The Bertz CT molecular complexity index is 2050. The Hall–Kier alpha value is -2.38. The third kappa shape index (κ3) is 15.2. The summed E-state index contributed by atoms with van der Waals surface area (Å²) in [7, 11) is 0. The first-order valence-corrected chi connectivity index (χ1v) is 26.5. The summed E-state index contributed by atoms with van der Waals surface area (Å²) in [6, 6.07) is -3.38. The Kier molecular flexibility index (Phi) is 24.0. The molecule has 0 aromatic carbocycles. The monoisotopic (exact) mass is 1220 g/mol. The van der Waals surface area contributed by atoms with E-state index in [0.717, 1.165) is 13.8 Å². The molecule has 37 heteroatoms. The van der Waals surface area contributed by atoms with Crippen LogP contribution < -0.4 is 10.6 Å². The lowest BCUT2D eigenvalue weighted by molar-refractivity contribution is -0.368. The van der Waals surface area contributed by atoms with E-state index in [2.05, 4.69) is 10.6 Å². The van der Waals surface area contributed by atoms with Crippen LogP contribution in [0.3, 0.4) is 0 Å². The van der Waals surface area contributed by atoms with Gasteiger partial charge < -0.3 is 174 Å². The molecule has 7 rings (SSSR count). The van der Waals surface area contributed by atoms with Crippen LogP contribution in [0.1, 0.15) is 20.8 Å². The van der Waals surface area contributed by atoms with E-state index in [1.54, 1.807) is 0 Å². The molecule has 0 unspecified atom stereocenters. The van der Waals surface area contributed by atoms with Crippen LogP contribution >= 0.6 is 0 Å². The molecule has 35 atom stereocenters. The van der Waals surface area contributed by atoms with Gasteiger partial charge in [0.25, 0.3) is 0 Å². The number of hydrogen-bond acceptors (Lipinski definition) is 35. The first-order chi connectivity index (χ1) is 39.1. The molecule has 0 spiro atoms. The Morgan fingerprint density at radius 2 is 0.651 bits per heavy atom. The lowest BCUT2D eigenvalue weighted by Gasteiger charge is -2.49. The molecule has 0 saturated carbocycles. The van der Waals surface area contributed by atoms with Crippen LogP contribution in [0.15, 0.2) is 0 Å². The van der Waals surface area contributed by atoms with Crippen molar-refractivity contribution < 1.29 is 173 Å². The minimum Gasteiger partial charge on any atom is -0.394 e. The molecule has 7 aliphatic heterocycles. The highest BCUT2D eigenvalue weighted by molar-refractivity contribution is 5.73. The fourth-order valence-corrected chi connectivity index (χ4v) is 10.3. The van der Waals surface area contributed by atoms with Crippen molar-refractivity contribution in [2.24, 2.45) is 0 Å². The Morgan fingerprint density at radius 1 is 0.337 bits per heavy atom. The Morgan fingerprint density at radius 3 is 1.08 bits per heavy atom. The molecule has 37 nitrogen and oxygen atoms in total. The van der Waals surface area contributed by atoms with Crippen molar-refractivity contribution in [1.29, 1.82) is 0 Å². The lowest BCUT2D eigenvalue weighted by Crippen LogP contribution is -2.70. The van der Waals surface area contributed by atoms with Crippen LogP contribution in [0.2, 0.25) is 0 Å². The fraction of sp³-hybridized carbons (Fsp3) is 0.957. The number of ether oxygens (including phenoxy) is 13. The Labute approximate surface area is 470 Å². The number of amides is 2. The summed E-state index contributed by atoms with van der Waals surface area (Å²) in [6.45, 7) is -1.59. The topological polar surface area (TPSA) is 583 Å². The van der Waals surface area contributed by atoms with E-state index in [9.17, 15) is 112 Å². The van der Waals surface area contributed by atoms with Crippen LogP contribution in [0.25, 0.3) is 0 Å². The summed E-state index contributed by atoms with van der Waals surface area (Å²) in [5.74, 6) is -1.59. The molecular weight excluding hydrogens is 1140 g/mol. The molecule has 7 aliphatic rings. The summed E-state index contributed by atoms with van der Waals surface area (Å²) in [6.07, 6.45) is -60.3. The number of carbonyl (C=O) groups is 2. The molecule has 0 aliphatic carbocycles. The van der Waals surface area contributed by atoms with Gasteiger partial charge in [0.2, 0.25) is 11.8 Å². The predicted molar refractivity (Wildman–Crippen MR) is 254 cm³/mol. The fourth-order valence-electron chi connectivity index (χ4n) is 10.3. The second-order valence-corrected chi connectivity index (χ2v) is 21.2. The van der Waals surface area contributed by atoms with E-state index in [0.29, 0.717) is 0 Å². The van der Waals surface area contributed by atoms with Gasteiger partial charge in [-0.25, -0.2) is 0 Å². The van der Waals surface area contributed by atoms with Crippen LogP contribution in [-0.2, 0) is 71.2 Å². The van der Waals surface area contributed by atoms with Crippen LogP contribution in [-0.4, -0.2) is 368 Å². The molecule has 0 radical (unpaired) electrons. The van der Waals surface area contributed by atoms with Gasteiger partial charge >= 0.3 is 0 Å².